The Hall–Kier alpha value is -1.82. The molecule has 0 fully saturated rings. The minimum absolute atomic E-state index is 0.0362. The number of rotatable bonds is 3. The second-order valence-electron chi connectivity index (χ2n) is 3.64. The highest BCUT2D eigenvalue weighted by Gasteiger charge is 2.15. The van der Waals surface area contributed by atoms with Crippen molar-refractivity contribution in [2.24, 2.45) is 5.73 Å². The summed E-state index contributed by atoms with van der Waals surface area (Å²) < 4.78 is 31.5. The van der Waals surface area contributed by atoms with Gasteiger partial charge < -0.3 is 10.3 Å². The van der Waals surface area contributed by atoms with Crippen molar-refractivity contribution in [3.8, 4) is 11.5 Å². The summed E-state index contributed by atoms with van der Waals surface area (Å²) in [6.45, 7) is 1.92. The Morgan fingerprint density at radius 3 is 2.76 bits per heavy atom. The Balaban J connectivity index is 2.41. The maximum absolute atomic E-state index is 13.5. The average molecular weight is 239 g/mol. The first-order valence-electron chi connectivity index (χ1n) is 5.10. The van der Waals surface area contributed by atoms with Crippen LogP contribution in [0.15, 0.2) is 16.7 Å². The molecule has 17 heavy (non-hydrogen) atoms. The van der Waals surface area contributed by atoms with Crippen LogP contribution in [0, 0.1) is 18.6 Å². The fraction of sp³-hybridized carbons (Fsp3) is 0.273. The molecule has 0 aliphatic rings. The van der Waals surface area contributed by atoms with Gasteiger partial charge in [0.25, 0.3) is 5.89 Å². The number of nitrogens with zero attached hydrogens (tertiary/aromatic N) is 2. The Kier molecular flexibility index (Phi) is 3.14. The summed E-state index contributed by atoms with van der Waals surface area (Å²) in [6.07, 6.45) is 0.450. The molecule has 1 aromatic carbocycles. The molecule has 0 saturated carbocycles. The molecular weight excluding hydrogens is 228 g/mol. The second kappa shape index (κ2) is 4.58. The van der Waals surface area contributed by atoms with E-state index in [-0.39, 0.29) is 11.5 Å². The minimum Gasteiger partial charge on any atom is -0.334 e. The Bertz CT molecular complexity index is 540. The van der Waals surface area contributed by atoms with Crippen LogP contribution in [0.25, 0.3) is 11.5 Å². The molecule has 2 N–H and O–H groups in total. The number of aromatic nitrogens is 2. The monoisotopic (exact) mass is 239 g/mol. The standard InChI is InChI=1S/C11H11F2N3O/c1-6-4-7(9(13)5-8(6)12)11-15-10(2-3-14)16-17-11/h4-5H,2-3,14H2,1H3. The molecule has 0 bridgehead atoms. The van der Waals surface area contributed by atoms with Gasteiger partial charge in [-0.15, -0.1) is 0 Å². The first-order chi connectivity index (χ1) is 8.11. The molecule has 0 amide bonds. The average Bonchev–Trinajstić information content (AvgIpc) is 2.72. The van der Waals surface area contributed by atoms with Gasteiger partial charge in [0.15, 0.2) is 5.82 Å². The predicted octanol–water partition coefficient (Wildman–Crippen LogP) is 1.82. The zero-order valence-corrected chi connectivity index (χ0v) is 9.20. The molecular formula is C11H11F2N3O. The summed E-state index contributed by atoms with van der Waals surface area (Å²) in [4.78, 5) is 3.98. The van der Waals surface area contributed by atoms with Crippen molar-refractivity contribution in [3.63, 3.8) is 0 Å². The maximum atomic E-state index is 13.5. The van der Waals surface area contributed by atoms with Gasteiger partial charge in [0.1, 0.15) is 11.6 Å². The van der Waals surface area contributed by atoms with E-state index in [1.807, 2.05) is 0 Å². The van der Waals surface area contributed by atoms with Crippen molar-refractivity contribution in [3.05, 3.63) is 35.2 Å². The van der Waals surface area contributed by atoms with E-state index in [2.05, 4.69) is 10.1 Å². The van der Waals surface area contributed by atoms with E-state index in [0.717, 1.165) is 6.07 Å². The smallest absolute Gasteiger partial charge is 0.260 e. The number of nitrogens with two attached hydrogens (primary N) is 1. The molecule has 1 heterocycles. The number of halogens is 2. The lowest BCUT2D eigenvalue weighted by atomic mass is 10.1. The van der Waals surface area contributed by atoms with Crippen LogP contribution in [0.4, 0.5) is 8.78 Å². The van der Waals surface area contributed by atoms with Gasteiger partial charge in [0.2, 0.25) is 0 Å². The SMILES string of the molecule is Cc1cc(-c2nc(CCN)no2)c(F)cc1F. The van der Waals surface area contributed by atoms with Gasteiger partial charge >= 0.3 is 0 Å². The number of hydrogen-bond acceptors (Lipinski definition) is 4. The molecule has 0 unspecified atom stereocenters. The van der Waals surface area contributed by atoms with E-state index >= 15 is 0 Å². The summed E-state index contributed by atoms with van der Waals surface area (Å²) in [5, 5.41) is 3.65. The molecule has 6 heteroatoms. The third-order valence-electron chi connectivity index (χ3n) is 2.31. The molecule has 4 nitrogen and oxygen atoms in total. The van der Waals surface area contributed by atoms with Crippen molar-refractivity contribution < 1.29 is 13.3 Å². The fourth-order valence-corrected chi connectivity index (χ4v) is 1.42. The highest BCUT2D eigenvalue weighted by Crippen LogP contribution is 2.24. The first kappa shape index (κ1) is 11.7. The number of aryl methyl sites for hydroxylation is 1. The zero-order valence-electron chi connectivity index (χ0n) is 9.20. The Labute approximate surface area is 96.4 Å². The molecule has 0 aliphatic carbocycles. The lowest BCUT2D eigenvalue weighted by Crippen LogP contribution is -2.03. The van der Waals surface area contributed by atoms with Crippen LogP contribution in [0.1, 0.15) is 11.4 Å². The summed E-state index contributed by atoms with van der Waals surface area (Å²) >= 11 is 0. The van der Waals surface area contributed by atoms with Crippen LogP contribution in [-0.4, -0.2) is 16.7 Å². The third kappa shape index (κ3) is 2.31. The van der Waals surface area contributed by atoms with E-state index in [1.54, 1.807) is 0 Å². The van der Waals surface area contributed by atoms with Crippen LogP contribution in [0.2, 0.25) is 0 Å². The molecule has 0 spiro atoms. The molecule has 0 radical (unpaired) electrons. The van der Waals surface area contributed by atoms with E-state index in [9.17, 15) is 8.78 Å². The van der Waals surface area contributed by atoms with E-state index in [4.69, 9.17) is 10.3 Å². The number of hydrogen-bond donors (Lipinski definition) is 1. The summed E-state index contributed by atoms with van der Waals surface area (Å²) in [7, 11) is 0. The summed E-state index contributed by atoms with van der Waals surface area (Å²) in [5.74, 6) is -0.887. The van der Waals surface area contributed by atoms with Gasteiger partial charge in [-0.1, -0.05) is 5.16 Å². The normalized spacial score (nSPS) is 10.8. The van der Waals surface area contributed by atoms with Gasteiger partial charge in [0.05, 0.1) is 5.56 Å². The van der Waals surface area contributed by atoms with Crippen LogP contribution < -0.4 is 5.73 Å². The van der Waals surface area contributed by atoms with Gasteiger partial charge in [-0.3, -0.25) is 0 Å². The second-order valence-corrected chi connectivity index (χ2v) is 3.64. The van der Waals surface area contributed by atoms with Crippen LogP contribution >= 0.6 is 0 Å². The predicted molar refractivity (Wildman–Crippen MR) is 57.1 cm³/mol. The highest BCUT2D eigenvalue weighted by atomic mass is 19.1. The molecule has 1 aromatic heterocycles. The molecule has 0 aliphatic heterocycles. The molecule has 2 aromatic rings. The van der Waals surface area contributed by atoms with Gasteiger partial charge in [-0.2, -0.15) is 4.98 Å². The highest BCUT2D eigenvalue weighted by molar-refractivity contribution is 5.55. The van der Waals surface area contributed by atoms with Crippen molar-refractivity contribution in [1.29, 1.82) is 0 Å². The first-order valence-corrected chi connectivity index (χ1v) is 5.10. The van der Waals surface area contributed by atoms with Crippen molar-refractivity contribution in [1.82, 2.24) is 10.1 Å². The van der Waals surface area contributed by atoms with Crippen LogP contribution in [0.5, 0.6) is 0 Å². The van der Waals surface area contributed by atoms with Gasteiger partial charge in [0, 0.05) is 12.5 Å². The number of benzene rings is 1. The van der Waals surface area contributed by atoms with Crippen LogP contribution in [0.3, 0.4) is 0 Å². The van der Waals surface area contributed by atoms with Crippen molar-refractivity contribution in [2.45, 2.75) is 13.3 Å². The van der Waals surface area contributed by atoms with E-state index in [1.165, 1.54) is 13.0 Å². The molecule has 90 valence electrons. The van der Waals surface area contributed by atoms with Gasteiger partial charge in [-0.25, -0.2) is 8.78 Å². The van der Waals surface area contributed by atoms with Crippen LogP contribution in [-0.2, 0) is 6.42 Å². The fourth-order valence-electron chi connectivity index (χ4n) is 1.42. The van der Waals surface area contributed by atoms with Crippen molar-refractivity contribution >= 4 is 0 Å². The lowest BCUT2D eigenvalue weighted by Gasteiger charge is -2.00. The van der Waals surface area contributed by atoms with E-state index in [0.29, 0.717) is 24.4 Å². The Morgan fingerprint density at radius 1 is 1.29 bits per heavy atom. The topological polar surface area (TPSA) is 64.9 Å². The van der Waals surface area contributed by atoms with Crippen molar-refractivity contribution in [2.75, 3.05) is 6.54 Å². The molecule has 0 atom stereocenters. The summed E-state index contributed by atoms with van der Waals surface area (Å²) in [5.41, 5.74) is 5.75. The largest absolute Gasteiger partial charge is 0.334 e. The lowest BCUT2D eigenvalue weighted by molar-refractivity contribution is 0.420. The maximum Gasteiger partial charge on any atom is 0.260 e. The van der Waals surface area contributed by atoms with Gasteiger partial charge in [-0.05, 0) is 25.1 Å². The quantitative estimate of drug-likeness (QED) is 0.887. The molecule has 0 saturated heterocycles. The van der Waals surface area contributed by atoms with E-state index < -0.39 is 11.6 Å². The third-order valence-corrected chi connectivity index (χ3v) is 2.31. The minimum atomic E-state index is -0.726. The zero-order chi connectivity index (χ0) is 12.4. The summed E-state index contributed by atoms with van der Waals surface area (Å²) in [6, 6.07) is 2.14. The molecule has 2 rings (SSSR count). The Morgan fingerprint density at radius 2 is 2.06 bits per heavy atom.